The zero-order valence-corrected chi connectivity index (χ0v) is 12.0. The minimum atomic E-state index is -0.818. The highest BCUT2D eigenvalue weighted by atomic mass is 32.2. The van der Waals surface area contributed by atoms with Crippen molar-refractivity contribution in [2.24, 2.45) is 5.92 Å². The third-order valence-corrected chi connectivity index (χ3v) is 5.11. The van der Waals surface area contributed by atoms with Gasteiger partial charge in [-0.1, -0.05) is 18.9 Å². The van der Waals surface area contributed by atoms with Gasteiger partial charge in [0.25, 0.3) is 0 Å². The summed E-state index contributed by atoms with van der Waals surface area (Å²) in [6.45, 7) is 0. The first-order valence-electron chi connectivity index (χ1n) is 6.65. The molecule has 1 atom stereocenters. The normalized spacial score (nSPS) is 17.1. The second-order valence-corrected chi connectivity index (χ2v) is 6.55. The van der Waals surface area contributed by atoms with Gasteiger partial charge in [0.05, 0.1) is 12.7 Å². The van der Waals surface area contributed by atoms with Crippen LogP contribution in [-0.4, -0.2) is 17.1 Å². The fourth-order valence-electron chi connectivity index (χ4n) is 2.60. The lowest BCUT2D eigenvalue weighted by molar-refractivity contribution is 0.413. The Labute approximate surface area is 117 Å². The maximum atomic E-state index is 12.1. The number of rotatable bonds is 5. The second-order valence-electron chi connectivity index (χ2n) is 5.05. The standard InChI is InChI=1S/C15H19NO2S/c1-18-15-8-13(6-7-14(15)9-16)11-19(17)10-12-4-2-3-5-12/h6-8,12H,2-5,10-11H2,1H3. The molecule has 1 aliphatic carbocycles. The molecule has 0 aliphatic heterocycles. The largest absolute Gasteiger partial charge is 0.495 e. The molecule has 1 aliphatic rings. The summed E-state index contributed by atoms with van der Waals surface area (Å²) in [6, 6.07) is 7.52. The summed E-state index contributed by atoms with van der Waals surface area (Å²) in [5.41, 5.74) is 1.50. The van der Waals surface area contributed by atoms with Crippen LogP contribution in [0.1, 0.15) is 36.8 Å². The summed E-state index contributed by atoms with van der Waals surface area (Å²) in [5.74, 6) is 2.57. The number of ether oxygens (including phenoxy) is 1. The van der Waals surface area contributed by atoms with E-state index in [4.69, 9.17) is 10.00 Å². The molecule has 0 aromatic heterocycles. The van der Waals surface area contributed by atoms with Crippen LogP contribution in [0.4, 0.5) is 0 Å². The van der Waals surface area contributed by atoms with Crippen molar-refractivity contribution in [1.29, 1.82) is 5.26 Å². The molecule has 2 rings (SSSR count). The van der Waals surface area contributed by atoms with Crippen molar-refractivity contribution in [1.82, 2.24) is 0 Å². The van der Waals surface area contributed by atoms with Crippen LogP contribution in [0.25, 0.3) is 0 Å². The Balaban J connectivity index is 1.98. The zero-order chi connectivity index (χ0) is 13.7. The molecule has 1 unspecified atom stereocenters. The number of hydrogen-bond donors (Lipinski definition) is 0. The fourth-order valence-corrected chi connectivity index (χ4v) is 4.13. The Morgan fingerprint density at radius 1 is 1.42 bits per heavy atom. The van der Waals surface area contributed by atoms with E-state index >= 15 is 0 Å². The lowest BCUT2D eigenvalue weighted by Crippen LogP contribution is -2.09. The van der Waals surface area contributed by atoms with Crippen molar-refractivity contribution in [3.63, 3.8) is 0 Å². The Bertz CT molecular complexity index is 501. The molecule has 1 fully saturated rings. The average molecular weight is 277 g/mol. The predicted molar refractivity (Wildman–Crippen MR) is 76.4 cm³/mol. The van der Waals surface area contributed by atoms with Gasteiger partial charge in [-0.05, 0) is 36.5 Å². The van der Waals surface area contributed by atoms with Gasteiger partial charge in [0.2, 0.25) is 0 Å². The lowest BCUT2D eigenvalue weighted by atomic mass is 10.1. The van der Waals surface area contributed by atoms with Crippen molar-refractivity contribution in [2.45, 2.75) is 31.4 Å². The third-order valence-electron chi connectivity index (χ3n) is 3.61. The molecule has 0 amide bonds. The molecule has 0 N–H and O–H groups in total. The Kier molecular flexibility index (Phi) is 4.98. The predicted octanol–water partition coefficient (Wildman–Crippen LogP) is 3.01. The number of hydrogen-bond acceptors (Lipinski definition) is 3. The number of nitriles is 1. The molecular formula is C15H19NO2S. The first kappa shape index (κ1) is 14.1. The van der Waals surface area contributed by atoms with Crippen LogP contribution >= 0.6 is 0 Å². The van der Waals surface area contributed by atoms with Gasteiger partial charge in [0.15, 0.2) is 0 Å². The van der Waals surface area contributed by atoms with Gasteiger partial charge in [-0.3, -0.25) is 4.21 Å². The highest BCUT2D eigenvalue weighted by Gasteiger charge is 2.18. The first-order chi connectivity index (χ1) is 9.22. The van der Waals surface area contributed by atoms with E-state index in [-0.39, 0.29) is 0 Å². The summed E-state index contributed by atoms with van der Waals surface area (Å²) < 4.78 is 17.3. The van der Waals surface area contributed by atoms with Crippen molar-refractivity contribution in [3.05, 3.63) is 29.3 Å². The minimum Gasteiger partial charge on any atom is -0.495 e. The smallest absolute Gasteiger partial charge is 0.136 e. The highest BCUT2D eigenvalue weighted by Crippen LogP contribution is 2.26. The van der Waals surface area contributed by atoms with E-state index in [1.165, 1.54) is 25.7 Å². The third kappa shape index (κ3) is 3.81. The van der Waals surface area contributed by atoms with Crippen LogP contribution < -0.4 is 4.74 Å². The molecule has 0 bridgehead atoms. The zero-order valence-electron chi connectivity index (χ0n) is 11.2. The van der Waals surface area contributed by atoms with E-state index < -0.39 is 10.8 Å². The van der Waals surface area contributed by atoms with Crippen LogP contribution in [0.5, 0.6) is 5.75 Å². The van der Waals surface area contributed by atoms with E-state index in [0.717, 1.165) is 11.3 Å². The molecule has 19 heavy (non-hydrogen) atoms. The van der Waals surface area contributed by atoms with Crippen LogP contribution in [0.3, 0.4) is 0 Å². The number of nitrogens with zero attached hydrogens (tertiary/aromatic N) is 1. The molecule has 0 spiro atoms. The summed E-state index contributed by atoms with van der Waals surface area (Å²) in [7, 11) is 0.733. The summed E-state index contributed by atoms with van der Waals surface area (Å²) in [6.07, 6.45) is 5.02. The molecule has 0 saturated heterocycles. The number of methoxy groups -OCH3 is 1. The lowest BCUT2D eigenvalue weighted by Gasteiger charge is -2.10. The van der Waals surface area contributed by atoms with Crippen molar-refractivity contribution in [2.75, 3.05) is 12.9 Å². The van der Waals surface area contributed by atoms with Gasteiger partial charge in [0.1, 0.15) is 11.8 Å². The molecule has 1 saturated carbocycles. The minimum absolute atomic E-state index is 0.521. The molecular weight excluding hydrogens is 258 g/mol. The Morgan fingerprint density at radius 2 is 2.16 bits per heavy atom. The van der Waals surface area contributed by atoms with Crippen LogP contribution in [0, 0.1) is 17.2 Å². The van der Waals surface area contributed by atoms with Crippen LogP contribution in [-0.2, 0) is 16.6 Å². The number of benzene rings is 1. The SMILES string of the molecule is COc1cc(CS(=O)CC2CCCC2)ccc1C#N. The van der Waals surface area contributed by atoms with Gasteiger partial charge in [-0.15, -0.1) is 0 Å². The fraction of sp³-hybridized carbons (Fsp3) is 0.533. The summed E-state index contributed by atoms with van der Waals surface area (Å²) in [5, 5.41) is 8.92. The monoisotopic (exact) mass is 277 g/mol. The van der Waals surface area contributed by atoms with Gasteiger partial charge < -0.3 is 4.74 Å². The molecule has 3 nitrogen and oxygen atoms in total. The highest BCUT2D eigenvalue weighted by molar-refractivity contribution is 7.84. The summed E-state index contributed by atoms with van der Waals surface area (Å²) >= 11 is 0. The van der Waals surface area contributed by atoms with E-state index in [9.17, 15) is 4.21 Å². The van der Waals surface area contributed by atoms with Gasteiger partial charge in [-0.2, -0.15) is 5.26 Å². The molecule has 0 heterocycles. The molecule has 102 valence electrons. The van der Waals surface area contributed by atoms with Crippen molar-refractivity contribution < 1.29 is 8.95 Å². The van der Waals surface area contributed by atoms with E-state index in [0.29, 0.717) is 23.0 Å². The second kappa shape index (κ2) is 6.72. The van der Waals surface area contributed by atoms with Crippen molar-refractivity contribution >= 4 is 10.8 Å². The summed E-state index contributed by atoms with van der Waals surface area (Å²) in [4.78, 5) is 0. The van der Waals surface area contributed by atoms with E-state index in [1.54, 1.807) is 13.2 Å². The quantitative estimate of drug-likeness (QED) is 0.831. The van der Waals surface area contributed by atoms with Crippen molar-refractivity contribution in [3.8, 4) is 11.8 Å². The Hall–Kier alpha value is -1.34. The van der Waals surface area contributed by atoms with Crippen LogP contribution in [0.15, 0.2) is 18.2 Å². The van der Waals surface area contributed by atoms with E-state index in [1.807, 2.05) is 12.1 Å². The average Bonchev–Trinajstić information content (AvgIpc) is 2.91. The molecule has 0 radical (unpaired) electrons. The first-order valence-corrected chi connectivity index (χ1v) is 8.13. The Morgan fingerprint density at radius 3 is 2.79 bits per heavy atom. The van der Waals surface area contributed by atoms with E-state index in [2.05, 4.69) is 6.07 Å². The molecule has 1 aromatic rings. The molecule has 4 heteroatoms. The topological polar surface area (TPSA) is 50.1 Å². The van der Waals surface area contributed by atoms with Gasteiger partial charge in [0, 0.05) is 22.3 Å². The maximum Gasteiger partial charge on any atom is 0.136 e. The molecule has 1 aromatic carbocycles. The maximum absolute atomic E-state index is 12.1. The van der Waals surface area contributed by atoms with Gasteiger partial charge >= 0.3 is 0 Å². The van der Waals surface area contributed by atoms with Gasteiger partial charge in [-0.25, -0.2) is 0 Å². The van der Waals surface area contributed by atoms with Crippen LogP contribution in [0.2, 0.25) is 0 Å².